The zero-order valence-corrected chi connectivity index (χ0v) is 8.33. The molecule has 3 heteroatoms. The lowest BCUT2D eigenvalue weighted by Gasteiger charge is -2.25. The van der Waals surface area contributed by atoms with Gasteiger partial charge in [0.15, 0.2) is 0 Å². The second-order valence-electron chi connectivity index (χ2n) is 3.20. The number of thioether (sulfide) groups is 1. The van der Waals surface area contributed by atoms with Crippen LogP contribution >= 0.6 is 11.8 Å². The number of fused-ring (bicyclic) bond motifs is 1. The molecule has 1 aliphatic rings. The molecular formula is C10H12FNS. The lowest BCUT2D eigenvalue weighted by Crippen LogP contribution is -2.24. The fourth-order valence-electron chi connectivity index (χ4n) is 1.41. The molecule has 0 saturated carbocycles. The van der Waals surface area contributed by atoms with Gasteiger partial charge in [0.1, 0.15) is 5.82 Å². The maximum Gasteiger partial charge on any atom is 0.124 e. The molecule has 0 fully saturated rings. The molecule has 0 amide bonds. The highest BCUT2D eigenvalue weighted by Crippen LogP contribution is 2.34. The van der Waals surface area contributed by atoms with Crippen LogP contribution in [0.5, 0.6) is 0 Å². The molecule has 0 saturated heterocycles. The Morgan fingerprint density at radius 2 is 2.46 bits per heavy atom. The first-order chi connectivity index (χ1) is 6.29. The number of anilines is 1. The van der Waals surface area contributed by atoms with Crippen molar-refractivity contribution in [1.82, 2.24) is 0 Å². The fraction of sp³-hybridized carbons (Fsp3) is 0.400. The van der Waals surface area contributed by atoms with Crippen LogP contribution in [0.3, 0.4) is 0 Å². The molecule has 1 nitrogen and oxygen atoms in total. The van der Waals surface area contributed by atoms with Crippen LogP contribution in [0.15, 0.2) is 23.1 Å². The first-order valence-corrected chi connectivity index (χ1v) is 5.47. The number of rotatable bonds is 1. The summed E-state index contributed by atoms with van der Waals surface area (Å²) >= 11 is 1.73. The molecule has 1 unspecified atom stereocenters. The number of hydrogen-bond donors (Lipinski definition) is 1. The molecule has 0 spiro atoms. The molecule has 0 aliphatic carbocycles. The molecule has 1 N–H and O–H groups in total. The van der Waals surface area contributed by atoms with Gasteiger partial charge in [-0.05, 0) is 24.6 Å². The van der Waals surface area contributed by atoms with Crippen molar-refractivity contribution in [2.75, 3.05) is 11.1 Å². The van der Waals surface area contributed by atoms with Crippen LogP contribution in [-0.2, 0) is 0 Å². The maximum absolute atomic E-state index is 12.8. The first kappa shape index (κ1) is 8.88. The van der Waals surface area contributed by atoms with E-state index in [0.717, 1.165) is 22.8 Å². The zero-order valence-electron chi connectivity index (χ0n) is 7.51. The van der Waals surface area contributed by atoms with Crippen LogP contribution in [0.25, 0.3) is 0 Å². The second kappa shape index (κ2) is 3.58. The summed E-state index contributed by atoms with van der Waals surface area (Å²) in [7, 11) is 0. The second-order valence-corrected chi connectivity index (χ2v) is 4.26. The van der Waals surface area contributed by atoms with E-state index in [1.807, 2.05) is 6.07 Å². The Morgan fingerprint density at radius 3 is 3.23 bits per heavy atom. The molecule has 1 aromatic rings. The van der Waals surface area contributed by atoms with Gasteiger partial charge in [-0.3, -0.25) is 0 Å². The van der Waals surface area contributed by atoms with E-state index in [-0.39, 0.29) is 5.82 Å². The van der Waals surface area contributed by atoms with Gasteiger partial charge in [0, 0.05) is 22.4 Å². The lowest BCUT2D eigenvalue weighted by atomic mass is 10.2. The zero-order chi connectivity index (χ0) is 9.26. The molecule has 1 heterocycles. The maximum atomic E-state index is 12.8. The lowest BCUT2D eigenvalue weighted by molar-refractivity contribution is 0.623. The van der Waals surface area contributed by atoms with E-state index >= 15 is 0 Å². The molecule has 70 valence electrons. The minimum absolute atomic E-state index is 0.150. The Labute approximate surface area is 81.7 Å². The Balaban J connectivity index is 2.26. The first-order valence-electron chi connectivity index (χ1n) is 4.48. The van der Waals surface area contributed by atoms with E-state index in [1.54, 1.807) is 17.8 Å². The molecular weight excluding hydrogens is 185 g/mol. The highest BCUT2D eigenvalue weighted by Gasteiger charge is 2.16. The van der Waals surface area contributed by atoms with E-state index in [2.05, 4.69) is 12.2 Å². The van der Waals surface area contributed by atoms with E-state index < -0.39 is 0 Å². The van der Waals surface area contributed by atoms with Crippen LogP contribution in [0.1, 0.15) is 13.3 Å². The van der Waals surface area contributed by atoms with Gasteiger partial charge >= 0.3 is 0 Å². The van der Waals surface area contributed by atoms with E-state index in [9.17, 15) is 4.39 Å². The highest BCUT2D eigenvalue weighted by molar-refractivity contribution is 7.99. The molecule has 1 aliphatic heterocycles. The van der Waals surface area contributed by atoms with Crippen molar-refractivity contribution >= 4 is 17.4 Å². The summed E-state index contributed by atoms with van der Waals surface area (Å²) in [5.74, 6) is 0.885. The van der Waals surface area contributed by atoms with Crippen molar-refractivity contribution in [3.63, 3.8) is 0 Å². The van der Waals surface area contributed by atoms with E-state index in [1.165, 1.54) is 6.07 Å². The monoisotopic (exact) mass is 197 g/mol. The van der Waals surface area contributed by atoms with Crippen LogP contribution < -0.4 is 5.32 Å². The third kappa shape index (κ3) is 1.80. The smallest absolute Gasteiger partial charge is 0.124 e. The van der Waals surface area contributed by atoms with Crippen LogP contribution in [-0.4, -0.2) is 11.8 Å². The molecule has 13 heavy (non-hydrogen) atoms. The minimum Gasteiger partial charge on any atom is -0.381 e. The van der Waals surface area contributed by atoms with Crippen LogP contribution in [0.2, 0.25) is 0 Å². The standard InChI is InChI=1S/C10H12FNS/c1-2-8-6-13-10-5-7(11)3-4-9(10)12-8/h3-5,8,12H,2,6H2,1H3. The van der Waals surface area contributed by atoms with E-state index in [0.29, 0.717) is 6.04 Å². The predicted molar refractivity (Wildman–Crippen MR) is 54.8 cm³/mol. The summed E-state index contributed by atoms with van der Waals surface area (Å²) in [6.07, 6.45) is 1.11. The summed E-state index contributed by atoms with van der Waals surface area (Å²) in [5, 5.41) is 3.39. The van der Waals surface area contributed by atoms with Crippen molar-refractivity contribution in [1.29, 1.82) is 0 Å². The summed E-state index contributed by atoms with van der Waals surface area (Å²) in [4.78, 5) is 1.03. The minimum atomic E-state index is -0.150. The largest absolute Gasteiger partial charge is 0.381 e. The van der Waals surface area contributed by atoms with Gasteiger partial charge in [-0.1, -0.05) is 6.92 Å². The third-order valence-electron chi connectivity index (χ3n) is 2.24. The number of hydrogen-bond acceptors (Lipinski definition) is 2. The summed E-state index contributed by atoms with van der Waals surface area (Å²) < 4.78 is 12.8. The summed E-state index contributed by atoms with van der Waals surface area (Å²) in [6, 6.07) is 5.45. The molecule has 0 radical (unpaired) electrons. The van der Waals surface area contributed by atoms with Gasteiger partial charge in [0.25, 0.3) is 0 Å². The average molecular weight is 197 g/mol. The van der Waals surface area contributed by atoms with Crippen molar-refractivity contribution in [2.45, 2.75) is 24.3 Å². The Kier molecular flexibility index (Phi) is 2.44. The predicted octanol–water partition coefficient (Wildman–Crippen LogP) is 3.12. The SMILES string of the molecule is CCC1CSc2cc(F)ccc2N1. The van der Waals surface area contributed by atoms with Crippen molar-refractivity contribution < 1.29 is 4.39 Å². The fourth-order valence-corrected chi connectivity index (χ4v) is 2.58. The Hall–Kier alpha value is -0.700. The molecule has 1 atom stereocenters. The van der Waals surface area contributed by atoms with Crippen LogP contribution in [0.4, 0.5) is 10.1 Å². The third-order valence-corrected chi connectivity index (χ3v) is 3.45. The van der Waals surface area contributed by atoms with Gasteiger partial charge in [0.2, 0.25) is 0 Å². The van der Waals surface area contributed by atoms with Crippen molar-refractivity contribution in [3.05, 3.63) is 24.0 Å². The van der Waals surface area contributed by atoms with Gasteiger partial charge < -0.3 is 5.32 Å². The van der Waals surface area contributed by atoms with E-state index in [4.69, 9.17) is 0 Å². The van der Waals surface area contributed by atoms with Crippen LogP contribution in [0, 0.1) is 5.82 Å². The topological polar surface area (TPSA) is 12.0 Å². The number of halogens is 1. The summed E-state index contributed by atoms with van der Waals surface area (Å²) in [5.41, 5.74) is 1.07. The quantitative estimate of drug-likeness (QED) is 0.742. The normalized spacial score (nSPS) is 20.6. The average Bonchev–Trinajstić information content (AvgIpc) is 2.17. The summed E-state index contributed by atoms with van der Waals surface area (Å²) in [6.45, 7) is 2.16. The number of benzene rings is 1. The molecule has 1 aromatic carbocycles. The highest BCUT2D eigenvalue weighted by atomic mass is 32.2. The Bertz CT molecular complexity index is 314. The molecule has 0 bridgehead atoms. The van der Waals surface area contributed by atoms with Gasteiger partial charge in [0.05, 0.1) is 0 Å². The van der Waals surface area contributed by atoms with Gasteiger partial charge in [-0.2, -0.15) is 0 Å². The van der Waals surface area contributed by atoms with Gasteiger partial charge in [-0.25, -0.2) is 4.39 Å². The molecule has 0 aromatic heterocycles. The number of nitrogens with one attached hydrogen (secondary N) is 1. The van der Waals surface area contributed by atoms with Gasteiger partial charge in [-0.15, -0.1) is 11.8 Å². The van der Waals surface area contributed by atoms with Crippen molar-refractivity contribution in [3.8, 4) is 0 Å². The Morgan fingerprint density at radius 1 is 1.62 bits per heavy atom. The molecule has 2 rings (SSSR count). The van der Waals surface area contributed by atoms with Crippen molar-refractivity contribution in [2.24, 2.45) is 0 Å².